The number of amides is 4. The molecule has 0 aliphatic carbocycles. The molecule has 54 heavy (non-hydrogen) atoms. The molecule has 0 fully saturated rings. The van der Waals surface area contributed by atoms with E-state index in [2.05, 4.69) is 53.3 Å². The van der Waals surface area contributed by atoms with Crippen molar-refractivity contribution in [2.75, 3.05) is 23.0 Å². The van der Waals surface area contributed by atoms with Crippen molar-refractivity contribution >= 4 is 40.7 Å². The Morgan fingerprint density at radius 1 is 0.370 bits per heavy atom. The summed E-state index contributed by atoms with van der Waals surface area (Å²) in [4.78, 5) is 51.1. The zero-order valence-corrected chi connectivity index (χ0v) is 31.2. The first-order chi connectivity index (χ1) is 25.9. The lowest BCUT2D eigenvalue weighted by molar-refractivity contribution is 0.0961. The predicted octanol–water partition coefficient (Wildman–Crippen LogP) is 9.68. The van der Waals surface area contributed by atoms with Gasteiger partial charge >= 0.3 is 0 Å². The van der Waals surface area contributed by atoms with Crippen LogP contribution in [0.15, 0.2) is 121 Å². The van der Waals surface area contributed by atoms with Crippen LogP contribution >= 0.6 is 0 Å². The van der Waals surface area contributed by atoms with E-state index in [9.17, 15) is 19.2 Å². The SMILES string of the molecule is CNC(=O)c1cccc(C(=O)Nc2ccc(-c3ccc(NC(=O)c4ccc(C(=O)Nc5ccc(-c6ccc(C)cc6C)c(C)c5)cc4)cc3C)c(C)c2)c1. The van der Waals surface area contributed by atoms with Gasteiger partial charge < -0.3 is 21.3 Å². The number of hydrogen-bond acceptors (Lipinski definition) is 4. The fourth-order valence-electron chi connectivity index (χ4n) is 6.58. The smallest absolute Gasteiger partial charge is 0.255 e. The average molecular weight is 715 g/mol. The van der Waals surface area contributed by atoms with E-state index in [0.29, 0.717) is 39.3 Å². The van der Waals surface area contributed by atoms with Gasteiger partial charge in [-0.15, -0.1) is 0 Å². The summed E-state index contributed by atoms with van der Waals surface area (Å²) in [5, 5.41) is 11.4. The van der Waals surface area contributed by atoms with Crippen molar-refractivity contribution in [3.8, 4) is 22.3 Å². The summed E-state index contributed by atoms with van der Waals surface area (Å²) in [7, 11) is 1.55. The molecule has 6 rings (SSSR count). The molecule has 0 saturated carbocycles. The minimum atomic E-state index is -0.313. The van der Waals surface area contributed by atoms with Gasteiger partial charge in [-0.1, -0.05) is 48.0 Å². The topological polar surface area (TPSA) is 116 Å². The summed E-state index contributed by atoms with van der Waals surface area (Å²) < 4.78 is 0. The van der Waals surface area contributed by atoms with E-state index in [0.717, 1.165) is 33.4 Å². The molecular weight excluding hydrogens is 673 g/mol. The number of aryl methyl sites for hydroxylation is 5. The molecule has 0 bridgehead atoms. The Kier molecular flexibility index (Phi) is 10.8. The molecule has 0 saturated heterocycles. The fraction of sp³-hybridized carbons (Fsp3) is 0.130. The van der Waals surface area contributed by atoms with Gasteiger partial charge in [0, 0.05) is 46.4 Å². The molecule has 270 valence electrons. The van der Waals surface area contributed by atoms with Crippen molar-refractivity contribution in [3.05, 3.63) is 171 Å². The lowest BCUT2D eigenvalue weighted by atomic mass is 9.95. The summed E-state index contributed by atoms with van der Waals surface area (Å²) >= 11 is 0. The van der Waals surface area contributed by atoms with Crippen molar-refractivity contribution in [2.24, 2.45) is 0 Å². The third kappa shape index (κ3) is 8.29. The third-order valence-electron chi connectivity index (χ3n) is 9.44. The van der Waals surface area contributed by atoms with Crippen molar-refractivity contribution in [2.45, 2.75) is 34.6 Å². The first kappa shape index (κ1) is 37.0. The molecule has 4 amide bonds. The summed E-state index contributed by atoms with van der Waals surface area (Å²) in [6.07, 6.45) is 0. The van der Waals surface area contributed by atoms with Crippen LogP contribution in [0.5, 0.6) is 0 Å². The maximum Gasteiger partial charge on any atom is 0.255 e. The highest BCUT2D eigenvalue weighted by Crippen LogP contribution is 2.32. The molecule has 0 aromatic heterocycles. The van der Waals surface area contributed by atoms with Crippen LogP contribution in [0.2, 0.25) is 0 Å². The van der Waals surface area contributed by atoms with E-state index in [1.165, 1.54) is 16.7 Å². The van der Waals surface area contributed by atoms with Crippen molar-refractivity contribution in [1.82, 2.24) is 5.32 Å². The second kappa shape index (κ2) is 15.8. The van der Waals surface area contributed by atoms with E-state index in [-0.39, 0.29) is 23.6 Å². The largest absolute Gasteiger partial charge is 0.355 e. The quantitative estimate of drug-likeness (QED) is 0.119. The Labute approximate surface area is 315 Å². The van der Waals surface area contributed by atoms with Crippen molar-refractivity contribution in [3.63, 3.8) is 0 Å². The van der Waals surface area contributed by atoms with Crippen LogP contribution in [-0.4, -0.2) is 30.7 Å². The molecule has 0 unspecified atom stereocenters. The van der Waals surface area contributed by atoms with Gasteiger partial charge in [0.05, 0.1) is 0 Å². The predicted molar refractivity (Wildman–Crippen MR) is 218 cm³/mol. The lowest BCUT2D eigenvalue weighted by Gasteiger charge is -2.14. The van der Waals surface area contributed by atoms with Gasteiger partial charge in [-0.2, -0.15) is 0 Å². The van der Waals surface area contributed by atoms with Crippen molar-refractivity contribution < 1.29 is 19.2 Å². The molecule has 0 radical (unpaired) electrons. The van der Waals surface area contributed by atoms with Gasteiger partial charge in [0.2, 0.25) is 0 Å². The lowest BCUT2D eigenvalue weighted by Crippen LogP contribution is -2.19. The average Bonchev–Trinajstić information content (AvgIpc) is 3.15. The van der Waals surface area contributed by atoms with E-state index in [1.54, 1.807) is 55.6 Å². The number of benzene rings is 6. The summed E-state index contributed by atoms with van der Waals surface area (Å²) in [6, 6.07) is 36.8. The maximum atomic E-state index is 13.2. The third-order valence-corrected chi connectivity index (χ3v) is 9.44. The number of rotatable bonds is 9. The molecule has 4 N–H and O–H groups in total. The van der Waals surface area contributed by atoms with Crippen LogP contribution in [0.25, 0.3) is 22.3 Å². The van der Waals surface area contributed by atoms with Gasteiger partial charge in [0.1, 0.15) is 0 Å². The Bertz CT molecular complexity index is 2430. The van der Waals surface area contributed by atoms with Crippen LogP contribution in [0.4, 0.5) is 17.1 Å². The van der Waals surface area contributed by atoms with Gasteiger partial charge in [0.15, 0.2) is 0 Å². The first-order valence-corrected chi connectivity index (χ1v) is 17.7. The van der Waals surface area contributed by atoms with E-state index >= 15 is 0 Å². The summed E-state index contributed by atoms with van der Waals surface area (Å²) in [6.45, 7) is 10.2. The molecule has 0 aliphatic heterocycles. The van der Waals surface area contributed by atoms with Gasteiger partial charge in [0.25, 0.3) is 23.6 Å². The monoisotopic (exact) mass is 714 g/mol. The molecule has 0 spiro atoms. The Morgan fingerprint density at radius 2 is 0.722 bits per heavy atom. The highest BCUT2D eigenvalue weighted by atomic mass is 16.2. The Morgan fingerprint density at radius 3 is 1.09 bits per heavy atom. The Balaban J connectivity index is 1.07. The molecule has 6 aromatic rings. The van der Waals surface area contributed by atoms with Crippen LogP contribution in [0.1, 0.15) is 69.2 Å². The number of anilines is 3. The standard InChI is InChI=1S/C46H42N4O4/c1-27-10-18-39(28(2)22-27)40-19-15-36(23-29(40)3)48-44(52)32-11-13-33(14-12-32)45(53)49-37-16-20-41(30(4)24-37)42-21-17-38(25-31(42)5)50-46(54)35-9-7-8-34(26-35)43(51)47-6/h7-26H,1-6H3,(H,47,51)(H,48,52)(H,49,53)(H,50,54). The molecule has 0 heterocycles. The molecule has 6 aromatic carbocycles. The van der Waals surface area contributed by atoms with Crippen LogP contribution < -0.4 is 21.3 Å². The number of carbonyl (C=O) groups excluding carboxylic acids is 4. The molecule has 8 heteroatoms. The van der Waals surface area contributed by atoms with Crippen LogP contribution in [0.3, 0.4) is 0 Å². The molecule has 0 atom stereocenters. The molecular formula is C46H42N4O4. The fourth-order valence-corrected chi connectivity index (χ4v) is 6.58. The zero-order valence-electron chi connectivity index (χ0n) is 31.2. The second-order valence-corrected chi connectivity index (χ2v) is 13.5. The van der Waals surface area contributed by atoms with E-state index in [1.807, 2.05) is 75.4 Å². The highest BCUT2D eigenvalue weighted by Gasteiger charge is 2.15. The number of hydrogen-bond donors (Lipinski definition) is 4. The Hall–Kier alpha value is -6.80. The molecule has 8 nitrogen and oxygen atoms in total. The van der Waals surface area contributed by atoms with Gasteiger partial charge in [-0.25, -0.2) is 0 Å². The zero-order chi connectivity index (χ0) is 38.5. The van der Waals surface area contributed by atoms with Crippen LogP contribution in [-0.2, 0) is 0 Å². The summed E-state index contributed by atoms with van der Waals surface area (Å²) in [5.74, 6) is -1.12. The molecule has 0 aliphatic rings. The van der Waals surface area contributed by atoms with Gasteiger partial charge in [-0.3, -0.25) is 19.2 Å². The minimum Gasteiger partial charge on any atom is -0.355 e. The van der Waals surface area contributed by atoms with Crippen molar-refractivity contribution in [1.29, 1.82) is 0 Å². The number of nitrogens with one attached hydrogen (secondary N) is 4. The van der Waals surface area contributed by atoms with E-state index < -0.39 is 0 Å². The normalized spacial score (nSPS) is 10.7. The highest BCUT2D eigenvalue weighted by molar-refractivity contribution is 6.08. The van der Waals surface area contributed by atoms with Gasteiger partial charge in [-0.05, 0) is 158 Å². The number of carbonyl (C=O) groups is 4. The summed E-state index contributed by atoms with van der Waals surface area (Å²) in [5.41, 5.74) is 13.3. The van der Waals surface area contributed by atoms with E-state index in [4.69, 9.17) is 0 Å². The van der Waals surface area contributed by atoms with Crippen LogP contribution in [0, 0.1) is 34.6 Å². The maximum absolute atomic E-state index is 13.2. The second-order valence-electron chi connectivity index (χ2n) is 13.5. The minimum absolute atomic E-state index is 0.259. The first-order valence-electron chi connectivity index (χ1n) is 17.7.